The highest BCUT2D eigenvalue weighted by Gasteiger charge is 2.45. The molecule has 0 spiro atoms. The summed E-state index contributed by atoms with van der Waals surface area (Å²) < 4.78 is 6.19. The van der Waals surface area contributed by atoms with Crippen LogP contribution < -0.4 is 0 Å². The van der Waals surface area contributed by atoms with Crippen LogP contribution in [0.5, 0.6) is 0 Å². The Morgan fingerprint density at radius 3 is 1.20 bits per heavy atom. The van der Waals surface area contributed by atoms with Crippen molar-refractivity contribution in [2.75, 3.05) is 7.11 Å². The zero-order valence-corrected chi connectivity index (χ0v) is 16.1. The van der Waals surface area contributed by atoms with Gasteiger partial charge in [0.05, 0.1) is 19.9 Å². The van der Waals surface area contributed by atoms with Crippen molar-refractivity contribution in [3.05, 3.63) is 108 Å². The summed E-state index contributed by atoms with van der Waals surface area (Å²) in [6.07, 6.45) is 0. The molecule has 0 fully saturated rings. The predicted molar refractivity (Wildman–Crippen MR) is 107 cm³/mol. The van der Waals surface area contributed by atoms with Crippen LogP contribution in [-0.4, -0.2) is 21.6 Å². The fourth-order valence-electron chi connectivity index (χ4n) is 3.90. The van der Waals surface area contributed by atoms with Gasteiger partial charge in [0.1, 0.15) is 0 Å². The number of methoxy groups -OCH3 is 1. The van der Waals surface area contributed by atoms with Gasteiger partial charge in [-0.3, -0.25) is 0 Å². The molecule has 0 N–H and O–H groups in total. The Labute approximate surface area is 152 Å². The van der Waals surface area contributed by atoms with E-state index in [1.807, 2.05) is 7.11 Å². The SMILES string of the molecule is CO[C@@H]([Si](C)C)C(c1ccccc1)(c1ccccc1)c1ccccc1. The van der Waals surface area contributed by atoms with E-state index in [1.54, 1.807) is 0 Å². The van der Waals surface area contributed by atoms with Gasteiger partial charge in [-0.2, -0.15) is 0 Å². The number of benzene rings is 3. The second-order valence-electron chi connectivity index (χ2n) is 6.60. The highest BCUT2D eigenvalue weighted by Crippen LogP contribution is 2.44. The monoisotopic (exact) mass is 345 g/mol. The Morgan fingerprint density at radius 2 is 0.960 bits per heavy atom. The van der Waals surface area contributed by atoms with Crippen molar-refractivity contribution < 1.29 is 4.74 Å². The number of hydrogen-bond acceptors (Lipinski definition) is 1. The van der Waals surface area contributed by atoms with E-state index in [0.29, 0.717) is 0 Å². The predicted octanol–water partition coefficient (Wildman–Crippen LogP) is 5.33. The molecule has 127 valence electrons. The Hall–Kier alpha value is -2.16. The van der Waals surface area contributed by atoms with Crippen molar-refractivity contribution in [1.29, 1.82) is 0 Å². The second kappa shape index (κ2) is 7.81. The summed E-state index contributed by atoms with van der Waals surface area (Å²) in [5, 5.41) is 0. The first-order valence-electron chi connectivity index (χ1n) is 8.70. The lowest BCUT2D eigenvalue weighted by Gasteiger charge is -2.43. The van der Waals surface area contributed by atoms with E-state index in [0.717, 1.165) is 0 Å². The van der Waals surface area contributed by atoms with Crippen LogP contribution in [0.3, 0.4) is 0 Å². The van der Waals surface area contributed by atoms with Gasteiger partial charge < -0.3 is 4.74 Å². The molecule has 0 aliphatic carbocycles. The lowest BCUT2D eigenvalue weighted by atomic mass is 9.69. The van der Waals surface area contributed by atoms with Crippen LogP contribution in [0.25, 0.3) is 0 Å². The van der Waals surface area contributed by atoms with Crippen molar-refractivity contribution in [1.82, 2.24) is 0 Å². The van der Waals surface area contributed by atoms with Gasteiger partial charge in [-0.15, -0.1) is 0 Å². The molecule has 2 heteroatoms. The molecule has 0 aromatic heterocycles. The smallest absolute Gasteiger partial charge is 0.0804 e. The van der Waals surface area contributed by atoms with Crippen molar-refractivity contribution in [3.63, 3.8) is 0 Å². The summed E-state index contributed by atoms with van der Waals surface area (Å²) in [6, 6.07) is 32.4. The molecule has 25 heavy (non-hydrogen) atoms. The molecule has 0 saturated carbocycles. The van der Waals surface area contributed by atoms with Crippen molar-refractivity contribution >= 4 is 8.80 Å². The lowest BCUT2D eigenvalue weighted by Crippen LogP contribution is -2.49. The first kappa shape index (κ1) is 17.7. The van der Waals surface area contributed by atoms with Crippen LogP contribution in [0.1, 0.15) is 16.7 Å². The number of ether oxygens (including phenoxy) is 1. The van der Waals surface area contributed by atoms with Crippen molar-refractivity contribution in [2.24, 2.45) is 0 Å². The van der Waals surface area contributed by atoms with Crippen molar-refractivity contribution in [3.8, 4) is 0 Å². The fraction of sp³-hybridized carbons (Fsp3) is 0.217. The molecule has 0 aliphatic rings. The number of rotatable bonds is 6. The van der Waals surface area contributed by atoms with E-state index in [2.05, 4.69) is 104 Å². The Kier molecular flexibility index (Phi) is 5.52. The highest BCUT2D eigenvalue weighted by molar-refractivity contribution is 6.57. The van der Waals surface area contributed by atoms with Gasteiger partial charge >= 0.3 is 0 Å². The molecule has 0 bridgehead atoms. The fourth-order valence-corrected chi connectivity index (χ4v) is 5.74. The van der Waals surface area contributed by atoms with Crippen molar-refractivity contribution in [2.45, 2.75) is 24.2 Å². The van der Waals surface area contributed by atoms with Crippen LogP contribution in [0.2, 0.25) is 13.1 Å². The maximum atomic E-state index is 6.19. The lowest BCUT2D eigenvalue weighted by molar-refractivity contribution is 0.121. The standard InChI is InChI=1S/C23H25OSi/c1-24-22(25(2)3)23(19-13-7-4-8-14-19,20-15-9-5-10-16-20)21-17-11-6-12-18-21/h4-18,22H,1-3H3/t22-/m0/s1. The average Bonchev–Trinajstić information content (AvgIpc) is 2.68. The Morgan fingerprint density at radius 1 is 0.640 bits per heavy atom. The van der Waals surface area contributed by atoms with E-state index in [-0.39, 0.29) is 11.1 Å². The third kappa shape index (κ3) is 3.20. The quantitative estimate of drug-likeness (QED) is 0.433. The highest BCUT2D eigenvalue weighted by atomic mass is 28.3. The van der Waals surface area contributed by atoms with Gasteiger partial charge in [0.2, 0.25) is 0 Å². The minimum atomic E-state index is -0.744. The maximum absolute atomic E-state index is 6.19. The molecular weight excluding hydrogens is 320 g/mol. The van der Waals surface area contributed by atoms with Crippen LogP contribution >= 0.6 is 0 Å². The zero-order valence-electron chi connectivity index (χ0n) is 15.1. The average molecular weight is 346 g/mol. The zero-order chi connectivity index (χ0) is 17.7. The van der Waals surface area contributed by atoms with E-state index in [9.17, 15) is 0 Å². The molecule has 0 aliphatic heterocycles. The molecule has 1 nitrogen and oxygen atoms in total. The van der Waals surface area contributed by atoms with Crippen LogP contribution in [0.15, 0.2) is 91.0 Å². The Bertz CT molecular complexity index is 672. The summed E-state index contributed by atoms with van der Waals surface area (Å²) >= 11 is 0. The summed E-state index contributed by atoms with van der Waals surface area (Å²) in [5.74, 6) is 0. The first-order valence-corrected chi connectivity index (χ1v) is 11.3. The summed E-state index contributed by atoms with van der Waals surface area (Å²) in [6.45, 7) is 4.67. The molecule has 3 aromatic rings. The topological polar surface area (TPSA) is 9.23 Å². The van der Waals surface area contributed by atoms with Gasteiger partial charge in [-0.05, 0) is 16.7 Å². The van der Waals surface area contributed by atoms with E-state index >= 15 is 0 Å². The molecule has 0 amide bonds. The normalized spacial score (nSPS) is 13.0. The minimum absolute atomic E-state index is 0.115. The molecule has 3 rings (SSSR count). The summed E-state index contributed by atoms with van der Waals surface area (Å²) in [4.78, 5) is 0. The third-order valence-electron chi connectivity index (χ3n) is 4.84. The van der Waals surface area contributed by atoms with Crippen LogP contribution in [0.4, 0.5) is 0 Å². The van der Waals surface area contributed by atoms with Crippen LogP contribution in [-0.2, 0) is 10.2 Å². The van der Waals surface area contributed by atoms with Gasteiger partial charge in [-0.25, -0.2) is 0 Å². The minimum Gasteiger partial charge on any atom is -0.384 e. The van der Waals surface area contributed by atoms with E-state index < -0.39 is 8.80 Å². The summed E-state index contributed by atoms with van der Waals surface area (Å²) in [7, 11) is 1.11. The van der Waals surface area contributed by atoms with Gasteiger partial charge in [-0.1, -0.05) is 104 Å². The molecular formula is C23H25OSi. The maximum Gasteiger partial charge on any atom is 0.0804 e. The molecule has 3 aromatic carbocycles. The van der Waals surface area contributed by atoms with E-state index in [1.165, 1.54) is 16.7 Å². The van der Waals surface area contributed by atoms with Gasteiger partial charge in [0.25, 0.3) is 0 Å². The molecule has 1 atom stereocenters. The Balaban J connectivity index is 2.40. The number of hydrogen-bond donors (Lipinski definition) is 0. The molecule has 1 radical (unpaired) electrons. The summed E-state index contributed by atoms with van der Waals surface area (Å²) in [5.41, 5.74) is 3.65. The molecule has 0 heterocycles. The van der Waals surface area contributed by atoms with Gasteiger partial charge in [0, 0.05) is 7.11 Å². The van der Waals surface area contributed by atoms with E-state index in [4.69, 9.17) is 4.74 Å². The largest absolute Gasteiger partial charge is 0.384 e. The molecule has 0 unspecified atom stereocenters. The first-order chi connectivity index (χ1) is 12.2. The second-order valence-corrected chi connectivity index (χ2v) is 9.28. The third-order valence-corrected chi connectivity index (χ3v) is 6.56. The van der Waals surface area contributed by atoms with Gasteiger partial charge in [0.15, 0.2) is 0 Å². The molecule has 0 saturated heterocycles. The van der Waals surface area contributed by atoms with Crippen LogP contribution in [0, 0.1) is 0 Å².